The van der Waals surface area contributed by atoms with Crippen molar-refractivity contribution in [2.75, 3.05) is 31.1 Å². The summed E-state index contributed by atoms with van der Waals surface area (Å²) in [4.78, 5) is 24.0. The lowest BCUT2D eigenvalue weighted by molar-refractivity contribution is 0.383. The summed E-state index contributed by atoms with van der Waals surface area (Å²) in [7, 11) is -3.55. The number of anilines is 1. The summed E-state index contributed by atoms with van der Waals surface area (Å²) in [5.74, 6) is 0.370. The number of rotatable bonds is 4. The molecule has 3 heterocycles. The van der Waals surface area contributed by atoms with Gasteiger partial charge in [0.05, 0.1) is 22.1 Å². The highest BCUT2D eigenvalue weighted by molar-refractivity contribution is 7.89. The Labute approximate surface area is 181 Å². The minimum Gasteiger partial charge on any atom is -0.349 e. The Kier molecular flexibility index (Phi) is 5.02. The van der Waals surface area contributed by atoms with Crippen molar-refractivity contribution in [1.29, 1.82) is 0 Å². The number of fused-ring (bicyclic) bond motifs is 2. The molecule has 3 aromatic rings. The normalized spacial score (nSPS) is 17.3. The molecule has 0 atom stereocenters. The third-order valence-corrected chi connectivity index (χ3v) is 8.19. The van der Waals surface area contributed by atoms with Gasteiger partial charge in [0.2, 0.25) is 10.0 Å². The second-order valence-electron chi connectivity index (χ2n) is 8.02. The van der Waals surface area contributed by atoms with E-state index in [1.54, 1.807) is 29.1 Å². The van der Waals surface area contributed by atoms with E-state index in [1.165, 1.54) is 9.87 Å². The van der Waals surface area contributed by atoms with Gasteiger partial charge in [-0.15, -0.1) is 0 Å². The molecule has 0 N–H and O–H groups in total. The molecule has 1 aromatic carbocycles. The predicted molar refractivity (Wildman–Crippen MR) is 119 cm³/mol. The fraction of sp³-hybridized carbons (Fsp3) is 0.409. The lowest BCUT2D eigenvalue weighted by Crippen LogP contribution is -2.50. The first-order chi connectivity index (χ1) is 15.0. The zero-order valence-electron chi connectivity index (χ0n) is 17.5. The van der Waals surface area contributed by atoms with Gasteiger partial charge in [0.15, 0.2) is 5.82 Å². The number of hydrogen-bond acceptors (Lipinski definition) is 6. The zero-order chi connectivity index (χ0) is 21.6. The number of aromatic nitrogens is 3. The molecule has 2 aromatic heterocycles. The Morgan fingerprint density at radius 3 is 2.58 bits per heavy atom. The number of aryl methyl sites for hydroxylation is 3. The lowest BCUT2D eigenvalue weighted by atomic mass is 10.1. The Hall–Kier alpha value is -2.78. The van der Waals surface area contributed by atoms with Crippen LogP contribution in [-0.2, 0) is 29.4 Å². The van der Waals surface area contributed by atoms with Crippen molar-refractivity contribution in [3.63, 3.8) is 0 Å². The van der Waals surface area contributed by atoms with Crippen molar-refractivity contribution < 1.29 is 8.42 Å². The van der Waals surface area contributed by atoms with Gasteiger partial charge in [-0.25, -0.2) is 13.4 Å². The molecule has 31 heavy (non-hydrogen) atoms. The molecule has 1 saturated heterocycles. The van der Waals surface area contributed by atoms with E-state index in [4.69, 9.17) is 0 Å². The van der Waals surface area contributed by atoms with E-state index in [0.29, 0.717) is 54.5 Å². The van der Waals surface area contributed by atoms with E-state index in [9.17, 15) is 13.2 Å². The highest BCUT2D eigenvalue weighted by Crippen LogP contribution is 2.27. The number of hydrogen-bond donors (Lipinski definition) is 0. The fourth-order valence-electron chi connectivity index (χ4n) is 4.59. The largest absolute Gasteiger partial charge is 0.349 e. The Morgan fingerprint density at radius 2 is 1.81 bits per heavy atom. The Bertz CT molecular complexity index is 1310. The molecule has 2 aliphatic rings. The second kappa shape index (κ2) is 7.72. The van der Waals surface area contributed by atoms with Gasteiger partial charge in [0.1, 0.15) is 0 Å². The number of nitrogens with zero attached hydrogens (tertiary/aromatic N) is 5. The minimum absolute atomic E-state index is 0.169. The molecule has 1 fully saturated rings. The molecule has 0 spiro atoms. The van der Waals surface area contributed by atoms with Crippen LogP contribution in [0.5, 0.6) is 0 Å². The summed E-state index contributed by atoms with van der Waals surface area (Å²) in [6.07, 6.45) is 6.36. The molecule has 0 saturated carbocycles. The van der Waals surface area contributed by atoms with Crippen molar-refractivity contribution in [2.24, 2.45) is 0 Å². The van der Waals surface area contributed by atoms with Gasteiger partial charge in [-0.2, -0.15) is 4.31 Å². The van der Waals surface area contributed by atoms with Gasteiger partial charge in [-0.05, 0) is 55.5 Å². The second-order valence-corrected chi connectivity index (χ2v) is 9.96. The molecule has 5 rings (SSSR count). The van der Waals surface area contributed by atoms with E-state index in [0.717, 1.165) is 24.8 Å². The fourth-order valence-corrected chi connectivity index (χ4v) is 6.06. The van der Waals surface area contributed by atoms with E-state index in [2.05, 4.69) is 9.97 Å². The number of benzene rings is 1. The van der Waals surface area contributed by atoms with Gasteiger partial charge in [-0.3, -0.25) is 9.78 Å². The summed E-state index contributed by atoms with van der Waals surface area (Å²) in [6, 6.07) is 7.30. The standard InChI is InChI=1S/C22H25N5O3S/c1-2-27-20-15-23-9-8-19(20)24-21(22(27)28)25-10-12-26(13-11-25)31(29,30)18-7-6-16-4-3-5-17(16)14-18/h6-9,14-15H,2-5,10-13H2,1H3. The van der Waals surface area contributed by atoms with Crippen LogP contribution in [0.2, 0.25) is 0 Å². The van der Waals surface area contributed by atoms with Crippen LogP contribution in [0.3, 0.4) is 0 Å². The van der Waals surface area contributed by atoms with Crippen molar-refractivity contribution >= 4 is 26.9 Å². The SMILES string of the molecule is CCn1c(=O)c(N2CCN(S(=O)(=O)c3ccc4c(c3)CCC4)CC2)nc2ccncc21. The van der Waals surface area contributed by atoms with Crippen molar-refractivity contribution in [3.05, 3.63) is 58.1 Å². The van der Waals surface area contributed by atoms with Crippen molar-refractivity contribution in [2.45, 2.75) is 37.6 Å². The molecule has 8 nitrogen and oxygen atoms in total. The predicted octanol–water partition coefficient (Wildman–Crippen LogP) is 1.81. The van der Waals surface area contributed by atoms with E-state index < -0.39 is 10.0 Å². The maximum Gasteiger partial charge on any atom is 0.294 e. The van der Waals surface area contributed by atoms with Crippen LogP contribution in [0.25, 0.3) is 11.0 Å². The Morgan fingerprint density at radius 1 is 1.03 bits per heavy atom. The van der Waals surface area contributed by atoms with Crippen LogP contribution < -0.4 is 10.5 Å². The van der Waals surface area contributed by atoms with Gasteiger partial charge >= 0.3 is 0 Å². The molecular formula is C22H25N5O3S. The van der Waals surface area contributed by atoms with Gasteiger partial charge in [0.25, 0.3) is 5.56 Å². The summed E-state index contributed by atoms with van der Waals surface area (Å²) in [5.41, 5.74) is 3.65. The molecular weight excluding hydrogens is 414 g/mol. The van der Waals surface area contributed by atoms with Crippen LogP contribution in [0.4, 0.5) is 5.82 Å². The molecule has 9 heteroatoms. The molecule has 0 radical (unpaired) electrons. The highest BCUT2D eigenvalue weighted by atomic mass is 32.2. The van der Waals surface area contributed by atoms with Crippen LogP contribution >= 0.6 is 0 Å². The molecule has 0 amide bonds. The third kappa shape index (κ3) is 3.41. The number of piperazine rings is 1. The first-order valence-electron chi connectivity index (χ1n) is 10.7. The van der Waals surface area contributed by atoms with Gasteiger partial charge in [-0.1, -0.05) is 6.07 Å². The average Bonchev–Trinajstić information content (AvgIpc) is 3.27. The monoisotopic (exact) mass is 439 g/mol. The summed E-state index contributed by atoms with van der Waals surface area (Å²) >= 11 is 0. The topological polar surface area (TPSA) is 88.4 Å². The van der Waals surface area contributed by atoms with Crippen LogP contribution in [0, 0.1) is 0 Å². The zero-order valence-corrected chi connectivity index (χ0v) is 18.3. The third-order valence-electron chi connectivity index (χ3n) is 6.29. The van der Waals surface area contributed by atoms with E-state index in [1.807, 2.05) is 24.0 Å². The first-order valence-corrected chi connectivity index (χ1v) is 12.1. The van der Waals surface area contributed by atoms with Crippen molar-refractivity contribution in [3.8, 4) is 0 Å². The van der Waals surface area contributed by atoms with Gasteiger partial charge in [0, 0.05) is 38.9 Å². The van der Waals surface area contributed by atoms with E-state index >= 15 is 0 Å². The molecule has 1 aliphatic carbocycles. The van der Waals surface area contributed by atoms with Crippen LogP contribution in [0.1, 0.15) is 24.5 Å². The Balaban J connectivity index is 1.39. The molecule has 0 unspecified atom stereocenters. The molecule has 0 bridgehead atoms. The molecule has 1 aliphatic heterocycles. The van der Waals surface area contributed by atoms with Gasteiger partial charge < -0.3 is 9.47 Å². The summed E-state index contributed by atoms with van der Waals surface area (Å²) in [6.45, 7) is 3.92. The van der Waals surface area contributed by atoms with Crippen LogP contribution in [-0.4, -0.2) is 53.4 Å². The maximum absolute atomic E-state index is 13.2. The molecule has 162 valence electrons. The maximum atomic E-state index is 13.2. The lowest BCUT2D eigenvalue weighted by Gasteiger charge is -2.34. The number of sulfonamides is 1. The smallest absolute Gasteiger partial charge is 0.294 e. The number of pyridine rings is 1. The average molecular weight is 440 g/mol. The van der Waals surface area contributed by atoms with E-state index in [-0.39, 0.29) is 5.56 Å². The highest BCUT2D eigenvalue weighted by Gasteiger charge is 2.31. The summed E-state index contributed by atoms with van der Waals surface area (Å²) in [5, 5.41) is 0. The quantitative estimate of drug-likeness (QED) is 0.616. The minimum atomic E-state index is -3.55. The first kappa shape index (κ1) is 20.1. The van der Waals surface area contributed by atoms with Crippen molar-refractivity contribution in [1.82, 2.24) is 18.8 Å². The van der Waals surface area contributed by atoms with Crippen LogP contribution in [0.15, 0.2) is 46.3 Å². The summed E-state index contributed by atoms with van der Waals surface area (Å²) < 4.78 is 29.6.